The van der Waals surface area contributed by atoms with Gasteiger partial charge in [-0.2, -0.15) is 0 Å². The lowest BCUT2D eigenvalue weighted by Gasteiger charge is -2.30. The number of aromatic nitrogens is 2. The van der Waals surface area contributed by atoms with Gasteiger partial charge in [0.25, 0.3) is 0 Å². The molecule has 0 bridgehead atoms. The number of likely N-dealkylation sites (N-methyl/N-ethyl adjacent to an activating group) is 1. The van der Waals surface area contributed by atoms with Crippen molar-refractivity contribution in [3.8, 4) is 5.75 Å². The third-order valence-electron chi connectivity index (χ3n) is 5.90. The average Bonchev–Trinajstić information content (AvgIpc) is 2.80. The van der Waals surface area contributed by atoms with Crippen molar-refractivity contribution in [2.75, 3.05) is 25.6 Å². The number of aryl methyl sites for hydroxylation is 1. The van der Waals surface area contributed by atoms with Crippen LogP contribution < -0.4 is 9.64 Å². The Labute approximate surface area is 189 Å². The minimum Gasteiger partial charge on any atom is -0.497 e. The molecule has 6 nitrogen and oxygen atoms in total. The van der Waals surface area contributed by atoms with Gasteiger partial charge in [0.05, 0.1) is 20.2 Å². The highest BCUT2D eigenvalue weighted by Crippen LogP contribution is 2.30. The Bertz CT molecular complexity index is 1080. The highest BCUT2D eigenvalue weighted by atomic mass is 16.5. The second kappa shape index (κ2) is 9.92. The number of carbonyl (C=O) groups is 1. The van der Waals surface area contributed by atoms with Gasteiger partial charge < -0.3 is 4.74 Å². The van der Waals surface area contributed by atoms with Crippen molar-refractivity contribution in [1.29, 1.82) is 0 Å². The van der Waals surface area contributed by atoms with Crippen molar-refractivity contribution < 1.29 is 9.53 Å². The molecule has 0 radical (unpaired) electrons. The Kier molecular flexibility index (Phi) is 6.81. The maximum atomic E-state index is 12.8. The molecule has 0 saturated carbocycles. The van der Waals surface area contributed by atoms with E-state index in [2.05, 4.69) is 36.2 Å². The van der Waals surface area contributed by atoms with Crippen LogP contribution in [0.1, 0.15) is 34.6 Å². The fraction of sp³-hybridized carbons (Fsp3) is 0.346. The number of anilines is 1. The fourth-order valence-corrected chi connectivity index (χ4v) is 4.11. The van der Waals surface area contributed by atoms with Gasteiger partial charge in [0.15, 0.2) is 0 Å². The first-order valence-corrected chi connectivity index (χ1v) is 11.1. The van der Waals surface area contributed by atoms with E-state index in [0.29, 0.717) is 25.9 Å². The molecule has 0 N–H and O–H groups in total. The molecule has 32 heavy (non-hydrogen) atoms. The number of rotatable bonds is 8. The van der Waals surface area contributed by atoms with E-state index in [1.54, 1.807) is 12.0 Å². The number of methoxy groups -OCH3 is 1. The van der Waals surface area contributed by atoms with Crippen LogP contribution in [-0.4, -0.2) is 41.5 Å². The van der Waals surface area contributed by atoms with Gasteiger partial charge in [-0.25, -0.2) is 9.97 Å². The van der Waals surface area contributed by atoms with Crippen molar-refractivity contribution in [2.24, 2.45) is 0 Å². The minimum absolute atomic E-state index is 0.0989. The maximum Gasteiger partial charge on any atom is 0.228 e. The molecule has 1 aliphatic heterocycles. The van der Waals surface area contributed by atoms with E-state index in [0.717, 1.165) is 47.2 Å². The molecule has 6 heteroatoms. The van der Waals surface area contributed by atoms with Crippen molar-refractivity contribution >= 4 is 11.7 Å². The van der Waals surface area contributed by atoms with E-state index in [9.17, 15) is 4.79 Å². The molecule has 1 aliphatic rings. The van der Waals surface area contributed by atoms with E-state index in [1.165, 1.54) is 5.56 Å². The van der Waals surface area contributed by atoms with Crippen LogP contribution in [-0.2, 0) is 30.7 Å². The van der Waals surface area contributed by atoms with E-state index in [1.807, 2.05) is 37.3 Å². The zero-order valence-corrected chi connectivity index (χ0v) is 19.0. The summed E-state index contributed by atoms with van der Waals surface area (Å²) in [5.41, 5.74) is 4.37. The number of amides is 1. The molecule has 2 aromatic carbocycles. The first-order chi connectivity index (χ1) is 15.5. The number of fused-ring (bicyclic) bond motifs is 1. The van der Waals surface area contributed by atoms with Crippen LogP contribution in [0.2, 0.25) is 0 Å². The summed E-state index contributed by atoms with van der Waals surface area (Å²) in [4.78, 5) is 26.5. The summed E-state index contributed by atoms with van der Waals surface area (Å²) in [6.07, 6.45) is 2.15. The van der Waals surface area contributed by atoms with Gasteiger partial charge in [0.1, 0.15) is 17.4 Å². The lowest BCUT2D eigenvalue weighted by molar-refractivity contribution is -0.119. The zero-order valence-electron chi connectivity index (χ0n) is 19.0. The Morgan fingerprint density at radius 1 is 1.03 bits per heavy atom. The standard InChI is InChI=1S/C26H30N4O2/c1-19-23-12-13-25(31)30(17-21-10-7-11-22(16-21)32-3)26(23)28-24(27-19)18-29(2)15-14-20-8-5-4-6-9-20/h4-11,16H,12-15,17-18H2,1-3H3. The summed E-state index contributed by atoms with van der Waals surface area (Å²) in [5.74, 6) is 2.39. The second-order valence-electron chi connectivity index (χ2n) is 8.33. The molecule has 0 atom stereocenters. The van der Waals surface area contributed by atoms with Gasteiger partial charge in [0, 0.05) is 24.2 Å². The Morgan fingerprint density at radius 3 is 2.59 bits per heavy atom. The molecular weight excluding hydrogens is 400 g/mol. The maximum absolute atomic E-state index is 12.8. The van der Waals surface area contributed by atoms with Gasteiger partial charge in [0.2, 0.25) is 5.91 Å². The van der Waals surface area contributed by atoms with Crippen LogP contribution in [0.4, 0.5) is 5.82 Å². The van der Waals surface area contributed by atoms with Gasteiger partial charge in [-0.1, -0.05) is 42.5 Å². The third kappa shape index (κ3) is 5.14. The van der Waals surface area contributed by atoms with Crippen molar-refractivity contribution in [3.63, 3.8) is 0 Å². The Morgan fingerprint density at radius 2 is 1.81 bits per heavy atom. The quantitative estimate of drug-likeness (QED) is 0.542. The highest BCUT2D eigenvalue weighted by Gasteiger charge is 2.28. The third-order valence-corrected chi connectivity index (χ3v) is 5.90. The molecule has 3 aromatic rings. The van der Waals surface area contributed by atoms with Crippen LogP contribution in [0.3, 0.4) is 0 Å². The summed E-state index contributed by atoms with van der Waals surface area (Å²) < 4.78 is 5.34. The van der Waals surface area contributed by atoms with Gasteiger partial charge in [-0.3, -0.25) is 14.6 Å². The molecule has 166 valence electrons. The number of ether oxygens (including phenoxy) is 1. The lowest BCUT2D eigenvalue weighted by Crippen LogP contribution is -2.36. The first-order valence-electron chi connectivity index (χ1n) is 11.1. The normalized spacial score (nSPS) is 13.4. The Balaban J connectivity index is 1.53. The van der Waals surface area contributed by atoms with Gasteiger partial charge in [-0.15, -0.1) is 0 Å². The topological polar surface area (TPSA) is 58.6 Å². The minimum atomic E-state index is 0.0989. The molecule has 2 heterocycles. The highest BCUT2D eigenvalue weighted by molar-refractivity contribution is 5.95. The number of benzene rings is 2. The molecule has 0 spiro atoms. The molecule has 0 aliphatic carbocycles. The Hall–Kier alpha value is -3.25. The molecule has 1 amide bonds. The smallest absolute Gasteiger partial charge is 0.228 e. The SMILES string of the molecule is COc1cccc(CN2C(=O)CCc3c(C)nc(CN(C)CCc4ccccc4)nc32)c1. The number of hydrogen-bond donors (Lipinski definition) is 0. The van der Waals surface area contributed by atoms with Crippen molar-refractivity contribution in [2.45, 2.75) is 39.3 Å². The molecule has 0 fully saturated rings. The summed E-state index contributed by atoms with van der Waals surface area (Å²) in [7, 11) is 3.73. The fourth-order valence-electron chi connectivity index (χ4n) is 4.11. The van der Waals surface area contributed by atoms with E-state index < -0.39 is 0 Å². The first kappa shape index (κ1) is 22.0. The van der Waals surface area contributed by atoms with E-state index in [4.69, 9.17) is 14.7 Å². The van der Waals surface area contributed by atoms with Crippen LogP contribution in [0.15, 0.2) is 54.6 Å². The van der Waals surface area contributed by atoms with Crippen molar-refractivity contribution in [3.05, 3.63) is 82.8 Å². The van der Waals surface area contributed by atoms with Gasteiger partial charge in [-0.05, 0) is 50.1 Å². The predicted molar refractivity (Wildman–Crippen MR) is 126 cm³/mol. The molecule has 0 saturated heterocycles. The van der Waals surface area contributed by atoms with Crippen LogP contribution in [0, 0.1) is 6.92 Å². The zero-order chi connectivity index (χ0) is 22.5. The molecule has 0 unspecified atom stereocenters. The summed E-state index contributed by atoms with van der Waals surface area (Å²) >= 11 is 0. The van der Waals surface area contributed by atoms with Gasteiger partial charge >= 0.3 is 0 Å². The molecule has 1 aromatic heterocycles. The van der Waals surface area contributed by atoms with E-state index >= 15 is 0 Å². The predicted octanol–water partition coefficient (Wildman–Crippen LogP) is 3.95. The van der Waals surface area contributed by atoms with E-state index in [-0.39, 0.29) is 5.91 Å². The van der Waals surface area contributed by atoms with Crippen molar-refractivity contribution in [1.82, 2.24) is 14.9 Å². The largest absolute Gasteiger partial charge is 0.497 e. The average molecular weight is 431 g/mol. The second-order valence-corrected chi connectivity index (χ2v) is 8.33. The number of nitrogens with zero attached hydrogens (tertiary/aromatic N) is 4. The van der Waals surface area contributed by atoms with Crippen LogP contribution in [0.25, 0.3) is 0 Å². The summed E-state index contributed by atoms with van der Waals surface area (Å²) in [6.45, 7) is 4.05. The summed E-state index contributed by atoms with van der Waals surface area (Å²) in [6, 6.07) is 18.3. The molecule has 4 rings (SSSR count). The lowest BCUT2D eigenvalue weighted by atomic mass is 10.0. The molecular formula is C26H30N4O2. The van der Waals surface area contributed by atoms with Crippen LogP contribution in [0.5, 0.6) is 5.75 Å². The summed E-state index contributed by atoms with van der Waals surface area (Å²) in [5, 5.41) is 0. The number of hydrogen-bond acceptors (Lipinski definition) is 5. The monoisotopic (exact) mass is 430 g/mol. The number of carbonyl (C=O) groups excluding carboxylic acids is 1. The van der Waals surface area contributed by atoms with Crippen LogP contribution >= 0.6 is 0 Å².